The van der Waals surface area contributed by atoms with Crippen LogP contribution in [0.5, 0.6) is 11.5 Å². The van der Waals surface area contributed by atoms with Gasteiger partial charge in [-0.2, -0.15) is 0 Å². The molecule has 0 saturated heterocycles. The van der Waals surface area contributed by atoms with Gasteiger partial charge in [0, 0.05) is 17.3 Å². The van der Waals surface area contributed by atoms with Crippen LogP contribution in [0.25, 0.3) is 0 Å². The summed E-state index contributed by atoms with van der Waals surface area (Å²) >= 11 is 0. The molecule has 2 aromatic carbocycles. The van der Waals surface area contributed by atoms with E-state index in [-0.39, 0.29) is 11.5 Å². The molecule has 0 atom stereocenters. The molecule has 6 nitrogen and oxygen atoms in total. The number of ether oxygens (including phenoxy) is 2. The number of fused-ring (bicyclic) bond motifs is 1. The number of benzene rings is 2. The molecule has 0 spiro atoms. The van der Waals surface area contributed by atoms with E-state index in [1.165, 1.54) is 37.8 Å². The van der Waals surface area contributed by atoms with E-state index in [0.717, 1.165) is 5.56 Å². The number of nitrogens with zero attached hydrogens (tertiary/aromatic N) is 1. The molecule has 0 aromatic heterocycles. The fourth-order valence-electron chi connectivity index (χ4n) is 3.97. The SMILES string of the molecule is COc1ccc(N2Cc3ccc(C(=O)O)cc3C2=O)cc1OCC1CCCC1. The Kier molecular flexibility index (Phi) is 4.94. The maximum Gasteiger partial charge on any atom is 0.335 e. The Labute approximate surface area is 163 Å². The van der Waals surface area contributed by atoms with E-state index in [1.807, 2.05) is 12.1 Å². The first-order valence-corrected chi connectivity index (χ1v) is 9.55. The number of carbonyl (C=O) groups excluding carboxylic acids is 1. The van der Waals surface area contributed by atoms with Gasteiger partial charge in [0.25, 0.3) is 5.91 Å². The maximum atomic E-state index is 12.9. The average molecular weight is 381 g/mol. The quantitative estimate of drug-likeness (QED) is 0.814. The number of hydrogen-bond acceptors (Lipinski definition) is 4. The molecule has 1 aliphatic heterocycles. The number of methoxy groups -OCH3 is 1. The van der Waals surface area contributed by atoms with Crippen molar-refractivity contribution in [3.8, 4) is 11.5 Å². The first kappa shape index (κ1) is 18.3. The standard InChI is InChI=1S/C22H23NO5/c1-27-19-9-8-17(11-20(19)28-13-14-4-2-3-5-14)23-12-16-7-6-15(22(25)26)10-18(16)21(23)24/h6-11,14H,2-5,12-13H2,1H3,(H,25,26). The zero-order chi connectivity index (χ0) is 19.7. The van der Waals surface area contributed by atoms with Crippen LogP contribution in [0.2, 0.25) is 0 Å². The molecule has 146 valence electrons. The molecule has 2 aromatic rings. The fraction of sp³-hybridized carbons (Fsp3) is 0.364. The van der Waals surface area contributed by atoms with Crippen molar-refractivity contribution in [3.63, 3.8) is 0 Å². The first-order chi connectivity index (χ1) is 13.6. The lowest BCUT2D eigenvalue weighted by atomic mass is 10.1. The van der Waals surface area contributed by atoms with E-state index in [1.54, 1.807) is 24.1 Å². The number of anilines is 1. The largest absolute Gasteiger partial charge is 0.493 e. The minimum Gasteiger partial charge on any atom is -0.493 e. The van der Waals surface area contributed by atoms with Gasteiger partial charge in [0.15, 0.2) is 11.5 Å². The second-order valence-electron chi connectivity index (χ2n) is 7.37. The van der Waals surface area contributed by atoms with Crippen molar-refractivity contribution in [2.45, 2.75) is 32.2 Å². The highest BCUT2D eigenvalue weighted by molar-refractivity contribution is 6.11. The predicted molar refractivity (Wildman–Crippen MR) is 104 cm³/mol. The maximum absolute atomic E-state index is 12.9. The predicted octanol–water partition coefficient (Wildman–Crippen LogP) is 4.12. The van der Waals surface area contributed by atoms with E-state index < -0.39 is 5.97 Å². The van der Waals surface area contributed by atoms with E-state index in [9.17, 15) is 14.7 Å². The van der Waals surface area contributed by atoms with Crippen LogP contribution in [-0.4, -0.2) is 30.7 Å². The summed E-state index contributed by atoms with van der Waals surface area (Å²) < 4.78 is 11.4. The van der Waals surface area contributed by atoms with Crippen LogP contribution in [0.1, 0.15) is 52.0 Å². The van der Waals surface area contributed by atoms with Gasteiger partial charge < -0.3 is 19.5 Å². The summed E-state index contributed by atoms with van der Waals surface area (Å²) in [7, 11) is 1.60. The van der Waals surface area contributed by atoms with Crippen LogP contribution in [0.3, 0.4) is 0 Å². The molecule has 28 heavy (non-hydrogen) atoms. The Hall–Kier alpha value is -3.02. The summed E-state index contributed by atoms with van der Waals surface area (Å²) in [4.78, 5) is 25.7. The Morgan fingerprint density at radius 3 is 2.64 bits per heavy atom. The van der Waals surface area contributed by atoms with Gasteiger partial charge in [-0.25, -0.2) is 4.79 Å². The third-order valence-electron chi connectivity index (χ3n) is 5.57. The smallest absolute Gasteiger partial charge is 0.335 e. The molecular formula is C22H23NO5. The molecule has 1 aliphatic carbocycles. The molecule has 4 rings (SSSR count). The van der Waals surface area contributed by atoms with Crippen LogP contribution in [0.15, 0.2) is 36.4 Å². The molecule has 1 N–H and O–H groups in total. The zero-order valence-corrected chi connectivity index (χ0v) is 15.8. The average Bonchev–Trinajstić information content (AvgIpc) is 3.34. The van der Waals surface area contributed by atoms with Crippen LogP contribution >= 0.6 is 0 Å². The van der Waals surface area contributed by atoms with E-state index in [0.29, 0.717) is 41.8 Å². The number of carboxylic acid groups (broad SMARTS) is 1. The molecule has 0 radical (unpaired) electrons. The highest BCUT2D eigenvalue weighted by Crippen LogP contribution is 2.36. The summed E-state index contributed by atoms with van der Waals surface area (Å²) in [6.07, 6.45) is 4.88. The monoisotopic (exact) mass is 381 g/mol. The number of rotatable bonds is 6. The summed E-state index contributed by atoms with van der Waals surface area (Å²) in [6.45, 7) is 1.05. The van der Waals surface area contributed by atoms with Crippen molar-refractivity contribution in [1.82, 2.24) is 0 Å². The number of carbonyl (C=O) groups is 2. The van der Waals surface area contributed by atoms with Gasteiger partial charge in [0.1, 0.15) is 0 Å². The van der Waals surface area contributed by atoms with E-state index in [2.05, 4.69) is 0 Å². The van der Waals surface area contributed by atoms with Crippen LogP contribution in [-0.2, 0) is 6.54 Å². The van der Waals surface area contributed by atoms with Crippen LogP contribution in [0.4, 0.5) is 5.69 Å². The summed E-state index contributed by atoms with van der Waals surface area (Å²) in [5.74, 6) is 0.590. The van der Waals surface area contributed by atoms with Crippen molar-refractivity contribution >= 4 is 17.6 Å². The van der Waals surface area contributed by atoms with Crippen molar-refractivity contribution in [3.05, 3.63) is 53.1 Å². The minimum atomic E-state index is -1.04. The molecule has 1 saturated carbocycles. The topological polar surface area (TPSA) is 76.1 Å². The molecule has 6 heteroatoms. The molecular weight excluding hydrogens is 358 g/mol. The third-order valence-corrected chi connectivity index (χ3v) is 5.57. The molecule has 1 fully saturated rings. The van der Waals surface area contributed by atoms with E-state index in [4.69, 9.17) is 9.47 Å². The lowest BCUT2D eigenvalue weighted by Crippen LogP contribution is -2.23. The van der Waals surface area contributed by atoms with Gasteiger partial charge >= 0.3 is 5.97 Å². The summed E-state index contributed by atoms with van der Waals surface area (Å²) in [6, 6.07) is 10.1. The van der Waals surface area contributed by atoms with Crippen molar-refractivity contribution in [2.75, 3.05) is 18.6 Å². The number of amides is 1. The fourth-order valence-corrected chi connectivity index (χ4v) is 3.97. The lowest BCUT2D eigenvalue weighted by Gasteiger charge is -2.19. The van der Waals surface area contributed by atoms with Gasteiger partial charge in [0.05, 0.1) is 25.8 Å². The Bertz CT molecular complexity index is 917. The van der Waals surface area contributed by atoms with Crippen molar-refractivity contribution in [2.24, 2.45) is 5.92 Å². The Morgan fingerprint density at radius 2 is 1.93 bits per heavy atom. The third kappa shape index (κ3) is 3.42. The number of aromatic carboxylic acids is 1. The first-order valence-electron chi connectivity index (χ1n) is 9.55. The van der Waals surface area contributed by atoms with Crippen LogP contribution in [0, 0.1) is 5.92 Å². The molecule has 2 aliphatic rings. The number of hydrogen-bond donors (Lipinski definition) is 1. The normalized spacial score (nSPS) is 16.3. The van der Waals surface area contributed by atoms with Gasteiger partial charge in [-0.1, -0.05) is 18.9 Å². The Morgan fingerprint density at radius 1 is 1.14 bits per heavy atom. The van der Waals surface area contributed by atoms with Gasteiger partial charge in [-0.05, 0) is 48.6 Å². The molecule has 0 bridgehead atoms. The van der Waals surface area contributed by atoms with Crippen molar-refractivity contribution < 1.29 is 24.2 Å². The van der Waals surface area contributed by atoms with E-state index >= 15 is 0 Å². The highest BCUT2D eigenvalue weighted by atomic mass is 16.5. The molecule has 1 heterocycles. The summed E-state index contributed by atoms with van der Waals surface area (Å²) in [5, 5.41) is 9.17. The van der Waals surface area contributed by atoms with Crippen LogP contribution < -0.4 is 14.4 Å². The second-order valence-corrected chi connectivity index (χ2v) is 7.37. The van der Waals surface area contributed by atoms with Gasteiger partial charge in [-0.15, -0.1) is 0 Å². The molecule has 0 unspecified atom stereocenters. The van der Waals surface area contributed by atoms with Crippen molar-refractivity contribution in [1.29, 1.82) is 0 Å². The van der Waals surface area contributed by atoms with Gasteiger partial charge in [0.2, 0.25) is 0 Å². The second kappa shape index (κ2) is 7.54. The lowest BCUT2D eigenvalue weighted by molar-refractivity contribution is 0.0697. The highest BCUT2D eigenvalue weighted by Gasteiger charge is 2.30. The number of carboxylic acids is 1. The van der Waals surface area contributed by atoms with Gasteiger partial charge in [-0.3, -0.25) is 4.79 Å². The Balaban J connectivity index is 1.57. The summed E-state index contributed by atoms with van der Waals surface area (Å²) in [5.41, 5.74) is 2.08. The molecule has 1 amide bonds. The zero-order valence-electron chi connectivity index (χ0n) is 15.8. The minimum absolute atomic E-state index is 0.115.